The van der Waals surface area contributed by atoms with Crippen molar-refractivity contribution in [2.45, 2.75) is 24.8 Å². The van der Waals surface area contributed by atoms with E-state index in [9.17, 15) is 13.2 Å². The van der Waals surface area contributed by atoms with Crippen LogP contribution in [0.4, 0.5) is 0 Å². The zero-order valence-electron chi connectivity index (χ0n) is 19.7. The van der Waals surface area contributed by atoms with Crippen LogP contribution < -0.4 is 5.32 Å². The Kier molecular flexibility index (Phi) is 6.86. The topological polar surface area (TPSA) is 71.4 Å². The maximum atomic E-state index is 13.2. The maximum absolute atomic E-state index is 13.2. The van der Waals surface area contributed by atoms with E-state index in [2.05, 4.69) is 29.6 Å². The van der Waals surface area contributed by atoms with Crippen LogP contribution in [0, 0.1) is 6.92 Å². The molecule has 0 atom stereocenters. The van der Waals surface area contributed by atoms with Gasteiger partial charge in [0.2, 0.25) is 10.0 Å². The van der Waals surface area contributed by atoms with Crippen LogP contribution in [0.5, 0.6) is 0 Å². The smallest absolute Gasteiger partial charge is 0.267 e. The molecular formula is C27H29N3O3S. The molecule has 0 radical (unpaired) electrons. The maximum Gasteiger partial charge on any atom is 0.267 e. The number of hydrogen-bond donors (Lipinski definition) is 1. The van der Waals surface area contributed by atoms with Gasteiger partial charge in [-0.3, -0.25) is 4.79 Å². The minimum atomic E-state index is -3.58. The predicted molar refractivity (Wildman–Crippen MR) is 136 cm³/mol. The lowest BCUT2D eigenvalue weighted by Gasteiger charge is -2.13. The Morgan fingerprint density at radius 2 is 1.62 bits per heavy atom. The number of carbonyl (C=O) groups excluding carboxylic acids is 1. The normalized spacial score (nSPS) is 11.8. The molecule has 34 heavy (non-hydrogen) atoms. The SMILES string of the molecule is Cc1ccc(CCNC(=O)c2cc3cc(S(=O)(=O)N(C)C)ccc3n2Cc2ccccc2)cc1. The van der Waals surface area contributed by atoms with E-state index in [4.69, 9.17) is 0 Å². The largest absolute Gasteiger partial charge is 0.350 e. The molecule has 1 N–H and O–H groups in total. The number of hydrogen-bond acceptors (Lipinski definition) is 3. The highest BCUT2D eigenvalue weighted by molar-refractivity contribution is 7.89. The minimum Gasteiger partial charge on any atom is -0.350 e. The van der Waals surface area contributed by atoms with E-state index in [0.717, 1.165) is 23.1 Å². The van der Waals surface area contributed by atoms with Crippen molar-refractivity contribution < 1.29 is 13.2 Å². The Morgan fingerprint density at radius 3 is 2.29 bits per heavy atom. The highest BCUT2D eigenvalue weighted by Gasteiger charge is 2.21. The number of aromatic nitrogens is 1. The molecule has 0 spiro atoms. The van der Waals surface area contributed by atoms with Gasteiger partial charge < -0.3 is 9.88 Å². The zero-order chi connectivity index (χ0) is 24.3. The lowest BCUT2D eigenvalue weighted by atomic mass is 10.1. The molecule has 0 unspecified atom stereocenters. The first kappa shape index (κ1) is 23.7. The highest BCUT2D eigenvalue weighted by Crippen LogP contribution is 2.26. The van der Waals surface area contributed by atoms with Crippen LogP contribution in [-0.4, -0.2) is 43.8 Å². The molecule has 0 aliphatic rings. The third-order valence-corrected chi connectivity index (χ3v) is 7.70. The first-order valence-electron chi connectivity index (χ1n) is 11.2. The lowest BCUT2D eigenvalue weighted by Crippen LogP contribution is -2.28. The van der Waals surface area contributed by atoms with Crippen molar-refractivity contribution in [1.82, 2.24) is 14.2 Å². The van der Waals surface area contributed by atoms with Crippen LogP contribution in [0.15, 0.2) is 83.8 Å². The summed E-state index contributed by atoms with van der Waals surface area (Å²) < 4.78 is 28.4. The van der Waals surface area contributed by atoms with E-state index in [-0.39, 0.29) is 10.8 Å². The van der Waals surface area contributed by atoms with Crippen molar-refractivity contribution >= 4 is 26.8 Å². The Balaban J connectivity index is 1.65. The number of rotatable bonds is 8. The standard InChI is InChI=1S/C27H29N3O3S/c1-20-9-11-21(12-10-20)15-16-28-27(31)26-18-23-17-24(34(32,33)29(2)3)13-14-25(23)30(26)19-22-7-5-4-6-8-22/h4-14,17-18H,15-16,19H2,1-3H3,(H,28,31). The fourth-order valence-electron chi connectivity index (χ4n) is 3.91. The second kappa shape index (κ2) is 9.83. The number of fused-ring (bicyclic) bond motifs is 1. The van der Waals surface area contributed by atoms with Gasteiger partial charge in [0, 0.05) is 38.1 Å². The number of aryl methyl sites for hydroxylation is 1. The molecule has 0 aliphatic carbocycles. The van der Waals surface area contributed by atoms with Crippen LogP contribution in [0.1, 0.15) is 27.2 Å². The van der Waals surface area contributed by atoms with Gasteiger partial charge >= 0.3 is 0 Å². The summed E-state index contributed by atoms with van der Waals surface area (Å²) in [5, 5.41) is 3.74. The van der Waals surface area contributed by atoms with Crippen LogP contribution >= 0.6 is 0 Å². The van der Waals surface area contributed by atoms with Gasteiger partial charge in [-0.15, -0.1) is 0 Å². The van der Waals surface area contributed by atoms with Crippen molar-refractivity contribution in [1.29, 1.82) is 0 Å². The molecule has 0 saturated heterocycles. The molecule has 4 rings (SSSR count). The second-order valence-corrected chi connectivity index (χ2v) is 10.8. The van der Waals surface area contributed by atoms with Crippen molar-refractivity contribution in [2.24, 2.45) is 0 Å². The summed E-state index contributed by atoms with van der Waals surface area (Å²) in [6.07, 6.45) is 0.732. The summed E-state index contributed by atoms with van der Waals surface area (Å²) in [5.41, 5.74) is 4.73. The quantitative estimate of drug-likeness (QED) is 0.415. The van der Waals surface area contributed by atoms with Crippen LogP contribution in [0.25, 0.3) is 10.9 Å². The third-order valence-electron chi connectivity index (χ3n) is 5.89. The molecule has 6 nitrogen and oxygen atoms in total. The van der Waals surface area contributed by atoms with Crippen LogP contribution in [0.3, 0.4) is 0 Å². The van der Waals surface area contributed by atoms with E-state index in [0.29, 0.717) is 24.2 Å². The number of amides is 1. The number of benzene rings is 3. The van der Waals surface area contributed by atoms with Crippen LogP contribution in [-0.2, 0) is 23.0 Å². The van der Waals surface area contributed by atoms with E-state index < -0.39 is 10.0 Å². The van der Waals surface area contributed by atoms with Gasteiger partial charge in [-0.1, -0.05) is 60.2 Å². The van der Waals surface area contributed by atoms with E-state index >= 15 is 0 Å². The van der Waals surface area contributed by atoms with E-state index in [1.807, 2.05) is 41.8 Å². The fraction of sp³-hybridized carbons (Fsp3) is 0.222. The molecule has 0 bridgehead atoms. The molecule has 3 aromatic carbocycles. The van der Waals surface area contributed by atoms with Gasteiger partial charge in [0.25, 0.3) is 5.91 Å². The molecular weight excluding hydrogens is 446 g/mol. The molecule has 176 valence electrons. The van der Waals surface area contributed by atoms with Crippen molar-refractivity contribution in [3.05, 3.63) is 101 Å². The summed E-state index contributed by atoms with van der Waals surface area (Å²) in [6.45, 7) is 3.06. The molecule has 7 heteroatoms. The molecule has 4 aromatic rings. The van der Waals surface area contributed by atoms with Gasteiger partial charge in [-0.05, 0) is 48.7 Å². The fourth-order valence-corrected chi connectivity index (χ4v) is 4.85. The summed E-state index contributed by atoms with van der Waals surface area (Å²) in [5.74, 6) is -0.184. The third kappa shape index (κ3) is 5.05. The Morgan fingerprint density at radius 1 is 0.912 bits per heavy atom. The summed E-state index contributed by atoms with van der Waals surface area (Å²) in [7, 11) is -0.562. The number of sulfonamides is 1. The number of nitrogens with one attached hydrogen (secondary N) is 1. The van der Waals surface area contributed by atoms with Gasteiger partial charge in [0.05, 0.1) is 4.90 Å². The molecule has 1 aromatic heterocycles. The Labute approximate surface area is 200 Å². The summed E-state index contributed by atoms with van der Waals surface area (Å²) in [6, 6.07) is 24.9. The average molecular weight is 476 g/mol. The predicted octanol–water partition coefficient (Wildman–Crippen LogP) is 4.22. The van der Waals surface area contributed by atoms with E-state index in [1.54, 1.807) is 24.3 Å². The van der Waals surface area contributed by atoms with Crippen molar-refractivity contribution in [3.63, 3.8) is 0 Å². The van der Waals surface area contributed by atoms with E-state index in [1.165, 1.54) is 24.0 Å². The molecule has 0 aliphatic heterocycles. The average Bonchev–Trinajstić information content (AvgIpc) is 3.18. The van der Waals surface area contributed by atoms with Crippen molar-refractivity contribution in [2.75, 3.05) is 20.6 Å². The molecule has 1 heterocycles. The molecule has 0 fully saturated rings. The van der Waals surface area contributed by atoms with Gasteiger partial charge in [0.15, 0.2) is 0 Å². The number of nitrogens with zero attached hydrogens (tertiary/aromatic N) is 2. The first-order valence-corrected chi connectivity index (χ1v) is 12.6. The Bertz CT molecular complexity index is 1410. The Hall–Kier alpha value is -3.42. The zero-order valence-corrected chi connectivity index (χ0v) is 20.5. The van der Waals surface area contributed by atoms with Gasteiger partial charge in [0.1, 0.15) is 5.69 Å². The molecule has 0 saturated carbocycles. The van der Waals surface area contributed by atoms with Crippen molar-refractivity contribution in [3.8, 4) is 0 Å². The molecule has 1 amide bonds. The second-order valence-electron chi connectivity index (χ2n) is 8.60. The lowest BCUT2D eigenvalue weighted by molar-refractivity contribution is 0.0945. The van der Waals surface area contributed by atoms with Gasteiger partial charge in [-0.25, -0.2) is 12.7 Å². The first-order chi connectivity index (χ1) is 16.3. The monoisotopic (exact) mass is 475 g/mol. The summed E-state index contributed by atoms with van der Waals surface area (Å²) in [4.78, 5) is 13.4. The minimum absolute atomic E-state index is 0.184. The highest BCUT2D eigenvalue weighted by atomic mass is 32.2. The summed E-state index contributed by atoms with van der Waals surface area (Å²) >= 11 is 0. The van der Waals surface area contributed by atoms with Gasteiger partial charge in [-0.2, -0.15) is 0 Å². The number of carbonyl (C=O) groups is 1. The van der Waals surface area contributed by atoms with Crippen LogP contribution in [0.2, 0.25) is 0 Å².